The lowest BCUT2D eigenvalue weighted by Gasteiger charge is -2.39. The number of nitrogens with one attached hydrogen (secondary N) is 1. The third-order valence-electron chi connectivity index (χ3n) is 6.41. The summed E-state index contributed by atoms with van der Waals surface area (Å²) in [5.74, 6) is -0.00557. The standard InChI is InChI=1S/C27H31N7O2S/c1-4-21-16-31-27(37-21)32-26(36)19-11-9-18(10-12-19)23(29-3)24-25(28)30-13-15-33(24)17-20-8-6-7-14-34(20)22(35)5-2/h5,9-13,15-16,20H,2-4,6-8,14,17H2,1H3,(H2,28,30)(H,31,32,36)/b24-23-. The van der Waals surface area contributed by atoms with Crippen molar-refractivity contribution in [1.29, 1.82) is 0 Å². The average molecular weight is 518 g/mol. The van der Waals surface area contributed by atoms with Gasteiger partial charge in [-0.25, -0.2) is 9.98 Å². The van der Waals surface area contributed by atoms with E-state index in [0.717, 1.165) is 36.1 Å². The van der Waals surface area contributed by atoms with Gasteiger partial charge in [-0.05, 0) is 50.6 Å². The summed E-state index contributed by atoms with van der Waals surface area (Å²) in [4.78, 5) is 42.9. The summed E-state index contributed by atoms with van der Waals surface area (Å²) in [5.41, 5.74) is 8.72. The van der Waals surface area contributed by atoms with Crippen molar-refractivity contribution in [3.05, 3.63) is 77.2 Å². The first-order valence-electron chi connectivity index (χ1n) is 12.2. The Balaban J connectivity index is 1.58. The highest BCUT2D eigenvalue weighted by atomic mass is 32.1. The lowest BCUT2D eigenvalue weighted by Crippen LogP contribution is -2.49. The number of piperidine rings is 1. The number of hydrogen-bond donors (Lipinski definition) is 2. The second-order valence-corrected chi connectivity index (χ2v) is 9.84. The molecule has 0 spiro atoms. The summed E-state index contributed by atoms with van der Waals surface area (Å²) in [7, 11) is 0. The number of nitrogens with two attached hydrogens (primary N) is 1. The summed E-state index contributed by atoms with van der Waals surface area (Å²) < 4.78 is 0. The Bertz CT molecular complexity index is 1280. The molecule has 1 aromatic heterocycles. The van der Waals surface area contributed by atoms with Crippen molar-refractivity contribution in [2.45, 2.75) is 38.6 Å². The molecule has 0 saturated carbocycles. The fourth-order valence-corrected chi connectivity index (χ4v) is 5.24. The Hall–Kier alpha value is -4.05. The number of rotatable bonds is 8. The van der Waals surface area contributed by atoms with Gasteiger partial charge in [0.15, 0.2) is 5.13 Å². The Morgan fingerprint density at radius 1 is 1.27 bits per heavy atom. The van der Waals surface area contributed by atoms with Gasteiger partial charge in [-0.15, -0.1) is 11.3 Å². The molecule has 1 aromatic carbocycles. The minimum atomic E-state index is -0.239. The Morgan fingerprint density at radius 3 is 2.70 bits per heavy atom. The highest BCUT2D eigenvalue weighted by Crippen LogP contribution is 2.28. The molecule has 2 aliphatic rings. The third kappa shape index (κ3) is 5.86. The van der Waals surface area contributed by atoms with Gasteiger partial charge in [0.05, 0.1) is 5.70 Å². The molecule has 192 valence electrons. The van der Waals surface area contributed by atoms with E-state index in [1.807, 2.05) is 35.1 Å². The summed E-state index contributed by atoms with van der Waals surface area (Å²) >= 11 is 1.46. The maximum atomic E-state index is 12.7. The topological polar surface area (TPSA) is 116 Å². The number of thiazole rings is 1. The average Bonchev–Trinajstić information content (AvgIpc) is 3.38. The first-order chi connectivity index (χ1) is 17.9. The number of benzene rings is 1. The summed E-state index contributed by atoms with van der Waals surface area (Å²) in [5, 5.41) is 3.41. The first kappa shape index (κ1) is 26.0. The van der Waals surface area contributed by atoms with Gasteiger partial charge in [0, 0.05) is 53.7 Å². The van der Waals surface area contributed by atoms with Crippen molar-refractivity contribution in [3.8, 4) is 0 Å². The van der Waals surface area contributed by atoms with Gasteiger partial charge in [0.2, 0.25) is 5.91 Å². The van der Waals surface area contributed by atoms with Crippen LogP contribution in [0.4, 0.5) is 5.13 Å². The maximum Gasteiger partial charge on any atom is 0.257 e. The van der Waals surface area contributed by atoms with Gasteiger partial charge >= 0.3 is 0 Å². The van der Waals surface area contributed by atoms with Crippen LogP contribution in [0.5, 0.6) is 0 Å². The molecule has 10 heteroatoms. The molecule has 0 bridgehead atoms. The van der Waals surface area contributed by atoms with Gasteiger partial charge in [-0.2, -0.15) is 0 Å². The van der Waals surface area contributed by atoms with Gasteiger partial charge < -0.3 is 15.5 Å². The van der Waals surface area contributed by atoms with Crippen LogP contribution in [-0.2, 0) is 11.2 Å². The van der Waals surface area contributed by atoms with E-state index in [1.165, 1.54) is 17.4 Å². The van der Waals surface area contributed by atoms with Gasteiger partial charge in [0.1, 0.15) is 11.5 Å². The van der Waals surface area contributed by atoms with E-state index in [9.17, 15) is 9.59 Å². The fourth-order valence-electron chi connectivity index (χ4n) is 4.49. The number of carbonyl (C=O) groups excluding carboxylic acids is 2. The minimum Gasteiger partial charge on any atom is -0.382 e. The van der Waals surface area contributed by atoms with Gasteiger partial charge in [-0.1, -0.05) is 25.6 Å². The highest BCUT2D eigenvalue weighted by molar-refractivity contribution is 7.15. The first-order valence-corrected chi connectivity index (χ1v) is 13.0. The predicted molar refractivity (Wildman–Crippen MR) is 149 cm³/mol. The summed E-state index contributed by atoms with van der Waals surface area (Å²) in [6.45, 7) is 10.7. The third-order valence-corrected chi connectivity index (χ3v) is 7.46. The number of nitrogens with zero attached hydrogens (tertiary/aromatic N) is 5. The van der Waals surface area contributed by atoms with Crippen molar-refractivity contribution in [3.63, 3.8) is 0 Å². The molecule has 3 N–H and O–H groups in total. The summed E-state index contributed by atoms with van der Waals surface area (Å²) in [6.07, 6.45) is 10.4. The highest BCUT2D eigenvalue weighted by Gasteiger charge is 2.29. The van der Waals surface area contributed by atoms with Crippen LogP contribution in [0.15, 0.2) is 71.2 Å². The molecule has 1 fully saturated rings. The second kappa shape index (κ2) is 11.8. The molecular weight excluding hydrogens is 486 g/mol. The molecule has 37 heavy (non-hydrogen) atoms. The number of anilines is 1. The van der Waals surface area contributed by atoms with Crippen LogP contribution in [-0.4, -0.2) is 58.3 Å². The number of aryl methyl sites for hydroxylation is 1. The van der Waals surface area contributed by atoms with E-state index < -0.39 is 0 Å². The van der Waals surface area contributed by atoms with Gasteiger partial charge in [-0.3, -0.25) is 19.9 Å². The quantitative estimate of drug-likeness (QED) is 0.405. The minimum absolute atomic E-state index is 0.000947. The monoisotopic (exact) mass is 517 g/mol. The normalized spacial score (nSPS) is 18.7. The van der Waals surface area contributed by atoms with Crippen LogP contribution in [0.1, 0.15) is 47.0 Å². The van der Waals surface area contributed by atoms with E-state index in [0.29, 0.717) is 41.0 Å². The Kier molecular flexibility index (Phi) is 8.29. The summed E-state index contributed by atoms with van der Waals surface area (Å²) in [6, 6.07) is 7.08. The lowest BCUT2D eigenvalue weighted by molar-refractivity contribution is -0.129. The van der Waals surface area contributed by atoms with Crippen LogP contribution in [0.2, 0.25) is 0 Å². The number of carbonyl (C=O) groups is 2. The Morgan fingerprint density at radius 2 is 2.03 bits per heavy atom. The number of likely N-dealkylation sites (tertiary alicyclic amines) is 1. The molecule has 0 aliphatic carbocycles. The van der Waals surface area contributed by atoms with Crippen LogP contribution in [0.3, 0.4) is 0 Å². The zero-order chi connectivity index (χ0) is 26.4. The number of aliphatic imine (C=N–C) groups is 2. The van der Waals surface area contributed by atoms with E-state index in [4.69, 9.17) is 5.73 Å². The van der Waals surface area contributed by atoms with Crippen LogP contribution < -0.4 is 11.1 Å². The number of amidine groups is 1. The van der Waals surface area contributed by atoms with Crippen molar-refractivity contribution < 1.29 is 9.59 Å². The van der Waals surface area contributed by atoms with E-state index in [1.54, 1.807) is 24.5 Å². The smallest absolute Gasteiger partial charge is 0.257 e. The molecule has 1 atom stereocenters. The lowest BCUT2D eigenvalue weighted by atomic mass is 10.0. The molecular formula is C27H31N7O2S. The van der Waals surface area contributed by atoms with Crippen LogP contribution >= 0.6 is 11.3 Å². The maximum absolute atomic E-state index is 12.7. The molecule has 4 rings (SSSR count). The molecule has 9 nitrogen and oxygen atoms in total. The number of amides is 2. The van der Waals surface area contributed by atoms with Crippen LogP contribution in [0, 0.1) is 0 Å². The molecule has 2 aromatic rings. The van der Waals surface area contributed by atoms with E-state index in [-0.39, 0.29) is 17.9 Å². The van der Waals surface area contributed by atoms with Crippen molar-refractivity contribution in [2.24, 2.45) is 15.7 Å². The predicted octanol–water partition coefficient (Wildman–Crippen LogP) is 4.04. The largest absolute Gasteiger partial charge is 0.382 e. The molecule has 2 amide bonds. The molecule has 3 heterocycles. The Labute approximate surface area is 220 Å². The van der Waals surface area contributed by atoms with Gasteiger partial charge in [0.25, 0.3) is 5.91 Å². The zero-order valence-electron chi connectivity index (χ0n) is 20.9. The zero-order valence-corrected chi connectivity index (χ0v) is 21.7. The molecule has 2 aliphatic heterocycles. The van der Waals surface area contributed by atoms with E-state index >= 15 is 0 Å². The fraction of sp³-hybridized carbons (Fsp3) is 0.296. The van der Waals surface area contributed by atoms with E-state index in [2.05, 4.69) is 33.6 Å². The second-order valence-electron chi connectivity index (χ2n) is 8.72. The number of aromatic nitrogens is 1. The molecule has 1 unspecified atom stereocenters. The van der Waals surface area contributed by atoms with Crippen molar-refractivity contribution >= 4 is 46.5 Å². The molecule has 0 radical (unpaired) electrons. The van der Waals surface area contributed by atoms with Crippen molar-refractivity contribution in [1.82, 2.24) is 14.8 Å². The van der Waals surface area contributed by atoms with Crippen molar-refractivity contribution in [2.75, 3.05) is 18.4 Å². The van der Waals surface area contributed by atoms with Crippen LogP contribution in [0.25, 0.3) is 5.70 Å². The SMILES string of the molecule is C=CC(=O)N1CCCCC1CN1C=CN=C(N)/C1=C(/N=C)c1ccc(C(=O)Nc2ncc(CC)s2)cc1. The molecule has 1 saturated heterocycles. The number of hydrogen-bond acceptors (Lipinski definition) is 8.